The molecule has 4 heteroatoms. The van der Waals surface area contributed by atoms with Crippen LogP contribution in [-0.2, 0) is 9.53 Å². The maximum absolute atomic E-state index is 13.2. The van der Waals surface area contributed by atoms with Gasteiger partial charge in [-0.2, -0.15) is 0 Å². The summed E-state index contributed by atoms with van der Waals surface area (Å²) in [6.45, 7) is 13.0. The van der Waals surface area contributed by atoms with Gasteiger partial charge < -0.3 is 14.8 Å². The van der Waals surface area contributed by atoms with Gasteiger partial charge in [0.1, 0.15) is 11.4 Å². The standard InChI is InChI=1S/C22H35NO3/c1-7-11-25-22(10-8-9-16(4)14-22)21(24)23-19-12-17(5)20(18(6)13-19)26-15(2)3/h12-13,15-16H,7-11,14H2,1-6H3,(H,23,24). The first-order valence-corrected chi connectivity index (χ1v) is 10.0. The highest BCUT2D eigenvalue weighted by atomic mass is 16.5. The number of anilines is 1. The second-order valence-electron chi connectivity index (χ2n) is 8.10. The summed E-state index contributed by atoms with van der Waals surface area (Å²) in [5.74, 6) is 1.41. The number of carbonyl (C=O) groups is 1. The molecule has 26 heavy (non-hydrogen) atoms. The molecule has 0 saturated heterocycles. The van der Waals surface area contributed by atoms with Gasteiger partial charge in [-0.05, 0) is 82.6 Å². The molecule has 1 aromatic rings. The second-order valence-corrected chi connectivity index (χ2v) is 8.10. The zero-order valence-corrected chi connectivity index (χ0v) is 17.3. The lowest BCUT2D eigenvalue weighted by molar-refractivity contribution is -0.148. The predicted octanol–water partition coefficient (Wildman–Crippen LogP) is 5.40. The van der Waals surface area contributed by atoms with Gasteiger partial charge in [0.15, 0.2) is 0 Å². The van der Waals surface area contributed by atoms with Gasteiger partial charge in [-0.25, -0.2) is 0 Å². The molecule has 0 bridgehead atoms. The number of hydrogen-bond donors (Lipinski definition) is 1. The summed E-state index contributed by atoms with van der Waals surface area (Å²) < 4.78 is 12.0. The lowest BCUT2D eigenvalue weighted by Gasteiger charge is -2.38. The van der Waals surface area contributed by atoms with Gasteiger partial charge >= 0.3 is 0 Å². The molecule has 1 saturated carbocycles. The number of rotatable bonds is 7. The summed E-state index contributed by atoms with van der Waals surface area (Å²) >= 11 is 0. The fourth-order valence-electron chi connectivity index (χ4n) is 3.89. The Labute approximate surface area is 158 Å². The molecule has 2 rings (SSSR count). The first kappa shape index (κ1) is 20.8. The number of aryl methyl sites for hydroxylation is 2. The monoisotopic (exact) mass is 361 g/mol. The van der Waals surface area contributed by atoms with E-state index < -0.39 is 5.60 Å². The van der Waals surface area contributed by atoms with Crippen LogP contribution in [0.25, 0.3) is 0 Å². The maximum atomic E-state index is 13.2. The van der Waals surface area contributed by atoms with E-state index in [9.17, 15) is 4.79 Å². The minimum atomic E-state index is -0.692. The van der Waals surface area contributed by atoms with Crippen LogP contribution in [-0.4, -0.2) is 24.2 Å². The lowest BCUT2D eigenvalue weighted by Crippen LogP contribution is -2.48. The zero-order valence-electron chi connectivity index (χ0n) is 17.3. The van der Waals surface area contributed by atoms with Gasteiger partial charge in [0.25, 0.3) is 5.91 Å². The van der Waals surface area contributed by atoms with Crippen molar-refractivity contribution in [2.24, 2.45) is 5.92 Å². The molecule has 1 N–H and O–H groups in total. The van der Waals surface area contributed by atoms with Gasteiger partial charge in [-0.15, -0.1) is 0 Å². The van der Waals surface area contributed by atoms with E-state index in [1.54, 1.807) is 0 Å². The van der Waals surface area contributed by atoms with Crippen molar-refractivity contribution < 1.29 is 14.3 Å². The number of hydrogen-bond acceptors (Lipinski definition) is 3. The van der Waals surface area contributed by atoms with E-state index in [1.165, 1.54) is 6.42 Å². The molecule has 0 aromatic heterocycles. The maximum Gasteiger partial charge on any atom is 0.256 e. The van der Waals surface area contributed by atoms with Crippen molar-refractivity contribution >= 4 is 11.6 Å². The van der Waals surface area contributed by atoms with Crippen LogP contribution in [0.15, 0.2) is 12.1 Å². The van der Waals surface area contributed by atoms with E-state index in [-0.39, 0.29) is 12.0 Å². The number of carbonyl (C=O) groups excluding carboxylic acids is 1. The second kappa shape index (κ2) is 8.90. The third-order valence-electron chi connectivity index (χ3n) is 5.02. The first-order chi connectivity index (χ1) is 12.3. The Morgan fingerprint density at radius 1 is 1.31 bits per heavy atom. The molecule has 1 amide bonds. The van der Waals surface area contributed by atoms with Gasteiger partial charge in [-0.1, -0.05) is 20.3 Å². The average Bonchev–Trinajstić information content (AvgIpc) is 2.56. The topological polar surface area (TPSA) is 47.6 Å². The van der Waals surface area contributed by atoms with Crippen LogP contribution in [0.3, 0.4) is 0 Å². The van der Waals surface area contributed by atoms with Gasteiger partial charge in [0, 0.05) is 12.3 Å². The Morgan fingerprint density at radius 2 is 1.96 bits per heavy atom. The van der Waals surface area contributed by atoms with E-state index in [0.717, 1.165) is 48.2 Å². The molecule has 4 nitrogen and oxygen atoms in total. The van der Waals surface area contributed by atoms with Crippen molar-refractivity contribution in [2.75, 3.05) is 11.9 Å². The van der Waals surface area contributed by atoms with Crippen molar-refractivity contribution in [2.45, 2.75) is 85.4 Å². The molecule has 1 aliphatic rings. The Bertz CT molecular complexity index is 603. The summed E-state index contributed by atoms with van der Waals surface area (Å²) in [4.78, 5) is 13.2. The minimum Gasteiger partial charge on any atom is -0.490 e. The molecule has 1 aromatic carbocycles. The Balaban J connectivity index is 2.20. The third kappa shape index (κ3) is 5.00. The van der Waals surface area contributed by atoms with Crippen LogP contribution in [0.4, 0.5) is 5.69 Å². The lowest BCUT2D eigenvalue weighted by atomic mass is 9.78. The van der Waals surface area contributed by atoms with Gasteiger partial charge in [0.2, 0.25) is 0 Å². The first-order valence-electron chi connectivity index (χ1n) is 10.0. The van der Waals surface area contributed by atoms with Crippen LogP contribution in [0, 0.1) is 19.8 Å². The van der Waals surface area contributed by atoms with Crippen LogP contribution in [0.2, 0.25) is 0 Å². The number of nitrogens with one attached hydrogen (secondary N) is 1. The van der Waals surface area contributed by atoms with Crippen molar-refractivity contribution in [1.29, 1.82) is 0 Å². The average molecular weight is 362 g/mol. The summed E-state index contributed by atoms with van der Waals surface area (Å²) in [5, 5.41) is 3.12. The summed E-state index contributed by atoms with van der Waals surface area (Å²) in [7, 11) is 0. The molecule has 0 spiro atoms. The van der Waals surface area contributed by atoms with Crippen LogP contribution in [0.5, 0.6) is 5.75 Å². The van der Waals surface area contributed by atoms with E-state index in [0.29, 0.717) is 12.5 Å². The van der Waals surface area contributed by atoms with Gasteiger partial charge in [0.05, 0.1) is 6.10 Å². The normalized spacial score (nSPS) is 23.1. The number of benzene rings is 1. The Kier molecular flexibility index (Phi) is 7.10. The molecule has 0 aliphatic heterocycles. The molecule has 0 radical (unpaired) electrons. The fourth-order valence-corrected chi connectivity index (χ4v) is 3.89. The largest absolute Gasteiger partial charge is 0.490 e. The summed E-state index contributed by atoms with van der Waals surface area (Å²) in [6.07, 6.45) is 4.85. The highest BCUT2D eigenvalue weighted by molar-refractivity contribution is 5.97. The Morgan fingerprint density at radius 3 is 2.50 bits per heavy atom. The fraction of sp³-hybridized carbons (Fsp3) is 0.682. The van der Waals surface area contributed by atoms with Crippen molar-refractivity contribution in [3.05, 3.63) is 23.3 Å². The predicted molar refractivity (Wildman–Crippen MR) is 107 cm³/mol. The molecule has 2 unspecified atom stereocenters. The minimum absolute atomic E-state index is 0.00571. The quantitative estimate of drug-likeness (QED) is 0.707. The molecule has 1 fully saturated rings. The Hall–Kier alpha value is -1.55. The van der Waals surface area contributed by atoms with E-state index in [2.05, 4.69) is 19.2 Å². The summed E-state index contributed by atoms with van der Waals surface area (Å²) in [6, 6.07) is 3.98. The highest BCUT2D eigenvalue weighted by Crippen LogP contribution is 2.37. The molecule has 0 heterocycles. The smallest absolute Gasteiger partial charge is 0.256 e. The molecular formula is C22H35NO3. The SMILES string of the molecule is CCCOC1(C(=O)Nc2cc(C)c(OC(C)C)c(C)c2)CCCC(C)C1. The number of ether oxygens (including phenoxy) is 2. The van der Waals surface area contributed by atoms with Crippen molar-refractivity contribution in [3.8, 4) is 5.75 Å². The van der Waals surface area contributed by atoms with Crippen molar-refractivity contribution in [1.82, 2.24) is 0 Å². The third-order valence-corrected chi connectivity index (χ3v) is 5.02. The molecule has 146 valence electrons. The van der Waals surface area contributed by atoms with E-state index >= 15 is 0 Å². The molecular weight excluding hydrogens is 326 g/mol. The van der Waals surface area contributed by atoms with Crippen molar-refractivity contribution in [3.63, 3.8) is 0 Å². The molecule has 2 atom stereocenters. The van der Waals surface area contributed by atoms with E-state index in [4.69, 9.17) is 9.47 Å². The number of amides is 1. The highest BCUT2D eigenvalue weighted by Gasteiger charge is 2.42. The van der Waals surface area contributed by atoms with E-state index in [1.807, 2.05) is 39.8 Å². The molecule has 1 aliphatic carbocycles. The van der Waals surface area contributed by atoms with Gasteiger partial charge in [-0.3, -0.25) is 4.79 Å². The van der Waals surface area contributed by atoms with Crippen LogP contribution >= 0.6 is 0 Å². The van der Waals surface area contributed by atoms with Crippen LogP contribution in [0.1, 0.15) is 70.9 Å². The zero-order chi connectivity index (χ0) is 19.3. The van der Waals surface area contributed by atoms with Crippen LogP contribution < -0.4 is 10.1 Å². The summed E-state index contributed by atoms with van der Waals surface area (Å²) in [5.41, 5.74) is 2.20.